The predicted octanol–water partition coefficient (Wildman–Crippen LogP) is 3.70. The highest BCUT2D eigenvalue weighted by molar-refractivity contribution is 6.30. The van der Waals surface area contributed by atoms with Crippen LogP contribution in [0.4, 0.5) is 11.4 Å². The van der Waals surface area contributed by atoms with Gasteiger partial charge in [0.05, 0.1) is 12.1 Å². The van der Waals surface area contributed by atoms with Crippen molar-refractivity contribution in [1.82, 2.24) is 0 Å². The fourth-order valence-electron chi connectivity index (χ4n) is 2.69. The largest absolute Gasteiger partial charge is 0.373 e. The second-order valence-corrected chi connectivity index (χ2v) is 6.20. The number of imide groups is 1. The van der Waals surface area contributed by atoms with Gasteiger partial charge in [-0.05, 0) is 55.3 Å². The SMILES string of the molecule is Cc1ccc(C)c(NC2CC(=O)N(c3ccc(Cl)cc3)C2=O)c1. The van der Waals surface area contributed by atoms with Gasteiger partial charge in [-0.25, -0.2) is 4.90 Å². The van der Waals surface area contributed by atoms with Gasteiger partial charge in [-0.15, -0.1) is 0 Å². The number of halogens is 1. The average molecular weight is 329 g/mol. The smallest absolute Gasteiger partial charge is 0.256 e. The van der Waals surface area contributed by atoms with Crippen molar-refractivity contribution < 1.29 is 9.59 Å². The summed E-state index contributed by atoms with van der Waals surface area (Å²) in [6.07, 6.45) is 0.148. The summed E-state index contributed by atoms with van der Waals surface area (Å²) in [5.41, 5.74) is 3.58. The van der Waals surface area contributed by atoms with E-state index < -0.39 is 6.04 Å². The van der Waals surface area contributed by atoms with Crippen LogP contribution < -0.4 is 10.2 Å². The van der Waals surface area contributed by atoms with Gasteiger partial charge < -0.3 is 5.32 Å². The maximum atomic E-state index is 12.6. The van der Waals surface area contributed by atoms with Gasteiger partial charge >= 0.3 is 0 Å². The molecule has 0 radical (unpaired) electrons. The molecular weight excluding hydrogens is 312 g/mol. The molecule has 0 spiro atoms. The van der Waals surface area contributed by atoms with Crippen LogP contribution >= 0.6 is 11.6 Å². The third-order valence-corrected chi connectivity index (χ3v) is 4.21. The van der Waals surface area contributed by atoms with Gasteiger partial charge in [-0.1, -0.05) is 23.7 Å². The summed E-state index contributed by atoms with van der Waals surface area (Å²) < 4.78 is 0. The Bertz CT molecular complexity index is 771. The topological polar surface area (TPSA) is 49.4 Å². The van der Waals surface area contributed by atoms with Crippen LogP contribution in [0.3, 0.4) is 0 Å². The standard InChI is InChI=1S/C18H17ClN2O2/c1-11-3-4-12(2)15(9-11)20-16-10-17(22)21(18(16)23)14-7-5-13(19)6-8-14/h3-9,16,20H,10H2,1-2H3. The van der Waals surface area contributed by atoms with E-state index in [2.05, 4.69) is 5.32 Å². The summed E-state index contributed by atoms with van der Waals surface area (Å²) in [5.74, 6) is -0.446. The Labute approximate surface area is 140 Å². The van der Waals surface area contributed by atoms with Crippen molar-refractivity contribution in [2.75, 3.05) is 10.2 Å². The zero-order valence-corrected chi connectivity index (χ0v) is 13.7. The van der Waals surface area contributed by atoms with E-state index in [1.165, 1.54) is 4.90 Å². The Kier molecular flexibility index (Phi) is 4.09. The molecule has 3 rings (SSSR count). The lowest BCUT2D eigenvalue weighted by molar-refractivity contribution is -0.121. The molecule has 2 amide bonds. The van der Waals surface area contributed by atoms with Crippen molar-refractivity contribution in [3.05, 3.63) is 58.6 Å². The molecule has 0 saturated carbocycles. The zero-order chi connectivity index (χ0) is 16.6. The molecule has 0 aliphatic carbocycles. The quantitative estimate of drug-likeness (QED) is 0.874. The van der Waals surface area contributed by atoms with Crippen molar-refractivity contribution in [2.24, 2.45) is 0 Å². The molecule has 2 aromatic rings. The second kappa shape index (κ2) is 6.05. The Morgan fingerprint density at radius 2 is 1.78 bits per heavy atom. The molecule has 1 unspecified atom stereocenters. The number of anilines is 2. The summed E-state index contributed by atoms with van der Waals surface area (Å²) in [5, 5.41) is 3.77. The minimum Gasteiger partial charge on any atom is -0.373 e. The van der Waals surface area contributed by atoms with Crippen molar-refractivity contribution in [3.8, 4) is 0 Å². The molecule has 0 aromatic heterocycles. The van der Waals surface area contributed by atoms with E-state index >= 15 is 0 Å². The maximum Gasteiger partial charge on any atom is 0.256 e. The summed E-state index contributed by atoms with van der Waals surface area (Å²) in [6, 6.07) is 12.2. The first-order valence-electron chi connectivity index (χ1n) is 7.42. The monoisotopic (exact) mass is 328 g/mol. The number of hydrogen-bond donors (Lipinski definition) is 1. The molecule has 2 aromatic carbocycles. The molecule has 1 N–H and O–H groups in total. The fourth-order valence-corrected chi connectivity index (χ4v) is 2.81. The first kappa shape index (κ1) is 15.6. The molecule has 1 fully saturated rings. The van der Waals surface area contributed by atoms with Crippen molar-refractivity contribution in [2.45, 2.75) is 26.3 Å². The molecule has 1 aliphatic rings. The number of carbonyl (C=O) groups is 2. The molecule has 23 heavy (non-hydrogen) atoms. The average Bonchev–Trinajstić information content (AvgIpc) is 2.79. The van der Waals surface area contributed by atoms with E-state index in [0.717, 1.165) is 16.8 Å². The number of nitrogens with one attached hydrogen (secondary N) is 1. The Balaban J connectivity index is 1.83. The molecule has 1 atom stereocenters. The molecule has 118 valence electrons. The van der Waals surface area contributed by atoms with E-state index in [-0.39, 0.29) is 18.2 Å². The molecule has 1 aliphatic heterocycles. The number of benzene rings is 2. The fraction of sp³-hybridized carbons (Fsp3) is 0.222. The molecule has 1 heterocycles. The highest BCUT2D eigenvalue weighted by atomic mass is 35.5. The number of carbonyl (C=O) groups excluding carboxylic acids is 2. The van der Waals surface area contributed by atoms with E-state index in [1.54, 1.807) is 24.3 Å². The van der Waals surface area contributed by atoms with E-state index in [9.17, 15) is 9.59 Å². The molecule has 0 bridgehead atoms. The van der Waals surface area contributed by atoms with Crippen LogP contribution in [0.1, 0.15) is 17.5 Å². The van der Waals surface area contributed by atoms with Crippen molar-refractivity contribution in [1.29, 1.82) is 0 Å². The van der Waals surface area contributed by atoms with E-state index in [4.69, 9.17) is 11.6 Å². The van der Waals surface area contributed by atoms with Crippen molar-refractivity contribution in [3.63, 3.8) is 0 Å². The van der Waals surface area contributed by atoms with Crippen LogP contribution in [0.15, 0.2) is 42.5 Å². The number of hydrogen-bond acceptors (Lipinski definition) is 3. The zero-order valence-electron chi connectivity index (χ0n) is 13.0. The highest BCUT2D eigenvalue weighted by Crippen LogP contribution is 2.27. The van der Waals surface area contributed by atoms with Crippen LogP contribution in [0, 0.1) is 13.8 Å². The van der Waals surface area contributed by atoms with Crippen LogP contribution in [-0.4, -0.2) is 17.9 Å². The lowest BCUT2D eigenvalue weighted by atomic mass is 10.1. The molecule has 5 heteroatoms. The minimum atomic E-state index is -0.543. The normalized spacial score (nSPS) is 17.7. The molecular formula is C18H17ClN2O2. The van der Waals surface area contributed by atoms with Crippen molar-refractivity contribution >= 4 is 34.8 Å². The van der Waals surface area contributed by atoms with Gasteiger partial charge in [0, 0.05) is 10.7 Å². The van der Waals surface area contributed by atoms with Gasteiger partial charge in [0.2, 0.25) is 5.91 Å². The summed E-state index contributed by atoms with van der Waals surface area (Å²) in [7, 11) is 0. The van der Waals surface area contributed by atoms with Gasteiger partial charge in [0.25, 0.3) is 5.91 Å². The minimum absolute atomic E-state index is 0.148. The van der Waals surface area contributed by atoms with Gasteiger partial charge in [-0.2, -0.15) is 0 Å². The first-order chi connectivity index (χ1) is 11.0. The Hall–Kier alpha value is -2.33. The Morgan fingerprint density at radius 3 is 2.48 bits per heavy atom. The number of rotatable bonds is 3. The molecule has 4 nitrogen and oxygen atoms in total. The molecule has 1 saturated heterocycles. The summed E-state index contributed by atoms with van der Waals surface area (Å²) >= 11 is 5.86. The third kappa shape index (κ3) is 3.08. The third-order valence-electron chi connectivity index (χ3n) is 3.95. The predicted molar refractivity (Wildman–Crippen MR) is 91.9 cm³/mol. The lowest BCUT2D eigenvalue weighted by Gasteiger charge is -2.17. The lowest BCUT2D eigenvalue weighted by Crippen LogP contribution is -2.34. The summed E-state index contributed by atoms with van der Waals surface area (Å²) in [4.78, 5) is 26.1. The van der Waals surface area contributed by atoms with Gasteiger partial charge in [0.1, 0.15) is 6.04 Å². The number of aryl methyl sites for hydroxylation is 2. The first-order valence-corrected chi connectivity index (χ1v) is 7.79. The van der Waals surface area contributed by atoms with Crippen LogP contribution in [-0.2, 0) is 9.59 Å². The highest BCUT2D eigenvalue weighted by Gasteiger charge is 2.39. The van der Waals surface area contributed by atoms with Crippen LogP contribution in [0.2, 0.25) is 5.02 Å². The maximum absolute atomic E-state index is 12.6. The number of amides is 2. The van der Waals surface area contributed by atoms with E-state index in [0.29, 0.717) is 10.7 Å². The van der Waals surface area contributed by atoms with E-state index in [1.807, 2.05) is 32.0 Å². The number of nitrogens with zero attached hydrogens (tertiary/aromatic N) is 1. The van der Waals surface area contributed by atoms with Gasteiger partial charge in [-0.3, -0.25) is 9.59 Å². The Morgan fingerprint density at radius 1 is 1.09 bits per heavy atom. The van der Waals surface area contributed by atoms with Gasteiger partial charge in [0.15, 0.2) is 0 Å². The summed E-state index contributed by atoms with van der Waals surface area (Å²) in [6.45, 7) is 3.96. The van der Waals surface area contributed by atoms with Crippen LogP contribution in [0.25, 0.3) is 0 Å². The second-order valence-electron chi connectivity index (χ2n) is 5.76. The van der Waals surface area contributed by atoms with Crippen LogP contribution in [0.5, 0.6) is 0 Å².